The molecule has 1 aromatic carbocycles. The highest BCUT2D eigenvalue weighted by Crippen LogP contribution is 2.38. The minimum atomic E-state index is -0.201. The number of fused-ring (bicyclic) bond motifs is 3. The van der Waals surface area contributed by atoms with Gasteiger partial charge in [-0.05, 0) is 65.4 Å². The minimum absolute atomic E-state index is 0.103. The van der Waals surface area contributed by atoms with Gasteiger partial charge in [0.2, 0.25) is 5.91 Å². The van der Waals surface area contributed by atoms with Gasteiger partial charge < -0.3 is 15.1 Å². The van der Waals surface area contributed by atoms with Crippen LogP contribution in [0.15, 0.2) is 28.7 Å². The lowest BCUT2D eigenvalue weighted by atomic mass is 9.90. The fourth-order valence-electron chi connectivity index (χ4n) is 5.14. The van der Waals surface area contributed by atoms with Gasteiger partial charge >= 0.3 is 0 Å². The summed E-state index contributed by atoms with van der Waals surface area (Å²) in [5.74, 6) is 0.822. The zero-order valence-electron chi connectivity index (χ0n) is 18.5. The van der Waals surface area contributed by atoms with Crippen LogP contribution in [0.25, 0.3) is 11.0 Å². The van der Waals surface area contributed by atoms with Crippen molar-refractivity contribution in [2.24, 2.45) is 5.92 Å². The van der Waals surface area contributed by atoms with Crippen molar-refractivity contribution in [1.29, 1.82) is 0 Å². The zero-order valence-corrected chi connectivity index (χ0v) is 18.5. The Kier molecular flexibility index (Phi) is 5.62. The van der Waals surface area contributed by atoms with Crippen LogP contribution in [0, 0.1) is 12.8 Å². The first-order valence-corrected chi connectivity index (χ1v) is 11.0. The maximum atomic E-state index is 12.7. The predicted octanol–water partition coefficient (Wildman–Crippen LogP) is 3.63. The number of hydrogen-bond acceptors (Lipinski definition) is 4. The van der Waals surface area contributed by atoms with Gasteiger partial charge in [-0.25, -0.2) is 0 Å². The third-order valence-corrected chi connectivity index (χ3v) is 6.42. The second-order valence-electron chi connectivity index (χ2n) is 9.96. The Morgan fingerprint density at radius 2 is 1.80 bits per heavy atom. The highest BCUT2D eigenvalue weighted by atomic mass is 16.3. The average molecular weight is 412 g/mol. The molecule has 2 bridgehead atoms. The molecule has 30 heavy (non-hydrogen) atoms. The van der Waals surface area contributed by atoms with Crippen LogP contribution in [0.3, 0.4) is 0 Å². The number of amides is 2. The number of carbonyl (C=O) groups is 2. The number of furan rings is 1. The van der Waals surface area contributed by atoms with E-state index in [1.807, 2.05) is 52.0 Å². The van der Waals surface area contributed by atoms with Gasteiger partial charge in [0.15, 0.2) is 5.76 Å². The summed E-state index contributed by atoms with van der Waals surface area (Å²) in [7, 11) is 0. The Morgan fingerprint density at radius 3 is 2.43 bits per heavy atom. The van der Waals surface area contributed by atoms with Crippen LogP contribution in [-0.2, 0) is 4.79 Å². The summed E-state index contributed by atoms with van der Waals surface area (Å²) in [5.41, 5.74) is 1.44. The summed E-state index contributed by atoms with van der Waals surface area (Å²) in [6.07, 6.45) is 4.33. The Morgan fingerprint density at radius 1 is 1.13 bits per heavy atom. The average Bonchev–Trinajstić information content (AvgIpc) is 3.11. The van der Waals surface area contributed by atoms with Crippen LogP contribution < -0.4 is 10.6 Å². The van der Waals surface area contributed by atoms with E-state index >= 15 is 0 Å². The van der Waals surface area contributed by atoms with Gasteiger partial charge in [0.1, 0.15) is 5.58 Å². The number of nitrogens with one attached hydrogen (secondary N) is 2. The second-order valence-corrected chi connectivity index (χ2v) is 9.96. The maximum absolute atomic E-state index is 12.7. The molecule has 2 aliphatic heterocycles. The van der Waals surface area contributed by atoms with E-state index in [1.54, 1.807) is 0 Å². The topological polar surface area (TPSA) is 74.6 Å². The molecule has 162 valence electrons. The van der Waals surface area contributed by atoms with Crippen LogP contribution in [0.2, 0.25) is 0 Å². The number of nitrogens with zero attached hydrogens (tertiary/aromatic N) is 1. The number of hydrogen-bond donors (Lipinski definition) is 2. The predicted molar refractivity (Wildman–Crippen MR) is 117 cm³/mol. The summed E-state index contributed by atoms with van der Waals surface area (Å²) < 4.78 is 5.79. The lowest BCUT2D eigenvalue weighted by Gasteiger charge is -2.39. The van der Waals surface area contributed by atoms with Gasteiger partial charge in [0.05, 0.1) is 6.54 Å². The molecule has 2 saturated heterocycles. The molecule has 0 aliphatic carbocycles. The van der Waals surface area contributed by atoms with Crippen LogP contribution in [0.4, 0.5) is 0 Å². The molecule has 2 amide bonds. The largest absolute Gasteiger partial charge is 0.451 e. The van der Waals surface area contributed by atoms with Crippen molar-refractivity contribution in [2.45, 2.75) is 71.0 Å². The van der Waals surface area contributed by atoms with Gasteiger partial charge in [0, 0.05) is 35.1 Å². The highest BCUT2D eigenvalue weighted by Gasteiger charge is 2.41. The van der Waals surface area contributed by atoms with E-state index < -0.39 is 0 Å². The van der Waals surface area contributed by atoms with E-state index in [-0.39, 0.29) is 17.4 Å². The molecule has 2 aliphatic rings. The fraction of sp³-hybridized carbons (Fsp3) is 0.583. The maximum Gasteiger partial charge on any atom is 0.287 e. The lowest BCUT2D eigenvalue weighted by molar-refractivity contribution is -0.125. The van der Waals surface area contributed by atoms with Crippen LogP contribution in [0.1, 0.15) is 62.6 Å². The number of rotatable bonds is 5. The van der Waals surface area contributed by atoms with Crippen molar-refractivity contribution >= 4 is 22.8 Å². The molecule has 2 aromatic rings. The third-order valence-electron chi connectivity index (χ3n) is 6.42. The molecular formula is C24H33N3O3. The van der Waals surface area contributed by atoms with E-state index in [0.29, 0.717) is 36.9 Å². The molecule has 0 radical (unpaired) electrons. The summed E-state index contributed by atoms with van der Waals surface area (Å²) in [5, 5.41) is 7.16. The molecule has 1 aromatic heterocycles. The summed E-state index contributed by atoms with van der Waals surface area (Å²) in [6.45, 7) is 9.10. The minimum Gasteiger partial charge on any atom is -0.451 e. The standard InChI is InChI=1S/C24H33N3O3/c1-15-19-7-5-6-8-20(19)30-22(15)23(29)25-13-16-11-17-9-10-18(12-16)27(17)14-21(28)26-24(2,3)4/h5-8,16-18H,9-14H2,1-4H3,(H,25,29)(H,26,28)/t16-,17-,18+. The fourth-order valence-corrected chi connectivity index (χ4v) is 5.14. The Hall–Kier alpha value is -2.34. The van der Waals surface area contributed by atoms with Crippen molar-refractivity contribution in [1.82, 2.24) is 15.5 Å². The van der Waals surface area contributed by atoms with Crippen molar-refractivity contribution in [2.75, 3.05) is 13.1 Å². The monoisotopic (exact) mass is 411 g/mol. The van der Waals surface area contributed by atoms with Gasteiger partial charge in [0.25, 0.3) is 5.91 Å². The number of aryl methyl sites for hydroxylation is 1. The number of piperidine rings is 1. The van der Waals surface area contributed by atoms with E-state index in [1.165, 1.54) is 0 Å². The van der Waals surface area contributed by atoms with Crippen LogP contribution >= 0.6 is 0 Å². The lowest BCUT2D eigenvalue weighted by Crippen LogP contribution is -2.52. The smallest absolute Gasteiger partial charge is 0.287 e. The zero-order chi connectivity index (χ0) is 21.5. The van der Waals surface area contributed by atoms with Gasteiger partial charge in [-0.3, -0.25) is 14.5 Å². The normalized spacial score (nSPS) is 24.2. The SMILES string of the molecule is Cc1c(C(=O)NC[C@@H]2C[C@H]3CC[C@@H](C2)N3CC(=O)NC(C)(C)C)oc2ccccc12. The molecular weight excluding hydrogens is 378 g/mol. The molecule has 0 saturated carbocycles. The highest BCUT2D eigenvalue weighted by molar-refractivity contribution is 5.98. The molecule has 2 fully saturated rings. The van der Waals surface area contributed by atoms with Crippen molar-refractivity contribution in [3.05, 3.63) is 35.6 Å². The quantitative estimate of drug-likeness (QED) is 0.788. The number of carbonyl (C=O) groups excluding carboxylic acids is 2. The molecule has 3 atom stereocenters. The van der Waals surface area contributed by atoms with Crippen LogP contribution in [-0.4, -0.2) is 47.4 Å². The van der Waals surface area contributed by atoms with E-state index in [2.05, 4.69) is 15.5 Å². The number of benzene rings is 1. The molecule has 0 spiro atoms. The first-order chi connectivity index (χ1) is 14.2. The Balaban J connectivity index is 1.32. The Labute approximate surface area is 178 Å². The van der Waals surface area contributed by atoms with Gasteiger partial charge in [-0.15, -0.1) is 0 Å². The molecule has 3 heterocycles. The summed E-state index contributed by atoms with van der Waals surface area (Å²) in [6, 6.07) is 8.61. The molecule has 4 rings (SSSR count). The van der Waals surface area contributed by atoms with E-state index in [9.17, 15) is 9.59 Å². The van der Waals surface area contributed by atoms with Crippen molar-refractivity contribution in [3.8, 4) is 0 Å². The van der Waals surface area contributed by atoms with Crippen molar-refractivity contribution in [3.63, 3.8) is 0 Å². The molecule has 6 heteroatoms. The molecule has 6 nitrogen and oxygen atoms in total. The number of para-hydroxylation sites is 1. The molecule has 2 N–H and O–H groups in total. The third kappa shape index (κ3) is 4.38. The van der Waals surface area contributed by atoms with Gasteiger partial charge in [-0.1, -0.05) is 18.2 Å². The van der Waals surface area contributed by atoms with Crippen LogP contribution in [0.5, 0.6) is 0 Å². The first-order valence-electron chi connectivity index (χ1n) is 11.0. The van der Waals surface area contributed by atoms with Crippen molar-refractivity contribution < 1.29 is 14.0 Å². The van der Waals surface area contributed by atoms with E-state index in [4.69, 9.17) is 4.42 Å². The van der Waals surface area contributed by atoms with E-state index in [0.717, 1.165) is 42.2 Å². The summed E-state index contributed by atoms with van der Waals surface area (Å²) in [4.78, 5) is 27.5. The summed E-state index contributed by atoms with van der Waals surface area (Å²) >= 11 is 0. The second kappa shape index (κ2) is 8.06. The molecule has 0 unspecified atom stereocenters. The van der Waals surface area contributed by atoms with Gasteiger partial charge in [-0.2, -0.15) is 0 Å². The first kappa shape index (κ1) is 20.9. The Bertz CT molecular complexity index is 929.